The zero-order valence-electron chi connectivity index (χ0n) is 14.9. The van der Waals surface area contributed by atoms with E-state index >= 15 is 0 Å². The molecule has 1 aromatic heterocycles. The van der Waals surface area contributed by atoms with Gasteiger partial charge in [0.2, 0.25) is 11.8 Å². The maximum atomic E-state index is 12.0. The Bertz CT molecular complexity index is 533. The Balaban J connectivity index is 1.58. The highest BCUT2D eigenvalue weighted by atomic mass is 32.2. The number of nitrogens with one attached hydrogen (secondary N) is 2. The quantitative estimate of drug-likeness (QED) is 0.693. The lowest BCUT2D eigenvalue weighted by atomic mass is 10.1. The molecule has 0 unspecified atom stereocenters. The first-order valence-corrected chi connectivity index (χ1v) is 10.1. The molecule has 6 nitrogen and oxygen atoms in total. The average molecular weight is 365 g/mol. The lowest BCUT2D eigenvalue weighted by Gasteiger charge is -2.31. The normalized spacial score (nSPS) is 15.7. The SMILES string of the molecule is CCCNC(=O)CN1CCC(NC(=O)CSCc2ccccn2)CC1. The summed E-state index contributed by atoms with van der Waals surface area (Å²) in [6.07, 6.45) is 4.53. The van der Waals surface area contributed by atoms with Gasteiger partial charge in [-0.3, -0.25) is 19.5 Å². The maximum Gasteiger partial charge on any atom is 0.234 e. The molecule has 2 rings (SSSR count). The number of pyridine rings is 1. The smallest absolute Gasteiger partial charge is 0.234 e. The maximum absolute atomic E-state index is 12.0. The molecule has 0 atom stereocenters. The van der Waals surface area contributed by atoms with Crippen LogP contribution in [0.3, 0.4) is 0 Å². The minimum atomic E-state index is 0.0834. The molecule has 0 saturated carbocycles. The molecule has 1 saturated heterocycles. The summed E-state index contributed by atoms with van der Waals surface area (Å²) in [7, 11) is 0. The molecule has 2 heterocycles. The van der Waals surface area contributed by atoms with Crippen molar-refractivity contribution in [2.24, 2.45) is 0 Å². The van der Waals surface area contributed by atoms with Gasteiger partial charge in [-0.2, -0.15) is 0 Å². The predicted molar refractivity (Wildman–Crippen MR) is 101 cm³/mol. The average Bonchev–Trinajstić information content (AvgIpc) is 2.62. The molecule has 0 spiro atoms. The Morgan fingerprint density at radius 3 is 2.76 bits per heavy atom. The van der Waals surface area contributed by atoms with Crippen molar-refractivity contribution >= 4 is 23.6 Å². The number of aromatic nitrogens is 1. The van der Waals surface area contributed by atoms with Crippen molar-refractivity contribution in [3.63, 3.8) is 0 Å². The molecule has 25 heavy (non-hydrogen) atoms. The Labute approximate surface area is 154 Å². The summed E-state index contributed by atoms with van der Waals surface area (Å²) in [6, 6.07) is 6.04. The van der Waals surface area contributed by atoms with Crippen LogP contribution in [0, 0.1) is 0 Å². The monoisotopic (exact) mass is 364 g/mol. The fourth-order valence-electron chi connectivity index (χ4n) is 2.76. The van der Waals surface area contributed by atoms with E-state index in [-0.39, 0.29) is 17.9 Å². The van der Waals surface area contributed by atoms with Gasteiger partial charge in [0.1, 0.15) is 0 Å². The molecule has 1 aromatic rings. The third-order valence-electron chi connectivity index (χ3n) is 4.10. The standard InChI is InChI=1S/C18H28N4O2S/c1-2-8-20-17(23)12-22-10-6-15(7-11-22)21-18(24)14-25-13-16-5-3-4-9-19-16/h3-5,9,15H,2,6-8,10-14H2,1H3,(H,20,23)(H,21,24). The molecule has 138 valence electrons. The van der Waals surface area contributed by atoms with E-state index in [2.05, 4.69) is 20.5 Å². The van der Waals surface area contributed by atoms with Crippen LogP contribution in [-0.2, 0) is 15.3 Å². The lowest BCUT2D eigenvalue weighted by molar-refractivity contribution is -0.123. The Morgan fingerprint density at radius 2 is 2.08 bits per heavy atom. The van der Waals surface area contributed by atoms with E-state index in [0.717, 1.165) is 50.3 Å². The first-order chi connectivity index (χ1) is 12.2. The summed E-state index contributed by atoms with van der Waals surface area (Å²) in [5.74, 6) is 1.38. The van der Waals surface area contributed by atoms with Crippen LogP contribution in [0.4, 0.5) is 0 Å². The Kier molecular flexibility index (Phi) is 8.76. The van der Waals surface area contributed by atoms with E-state index in [4.69, 9.17) is 0 Å². The number of carbonyl (C=O) groups is 2. The summed E-state index contributed by atoms with van der Waals surface area (Å²) in [5.41, 5.74) is 0.995. The van der Waals surface area contributed by atoms with Crippen LogP contribution in [0.1, 0.15) is 31.9 Å². The summed E-state index contributed by atoms with van der Waals surface area (Å²) in [6.45, 7) is 4.95. The van der Waals surface area contributed by atoms with Gasteiger partial charge >= 0.3 is 0 Å². The van der Waals surface area contributed by atoms with Crippen molar-refractivity contribution in [3.05, 3.63) is 30.1 Å². The van der Waals surface area contributed by atoms with E-state index in [1.165, 1.54) is 0 Å². The number of nitrogens with zero attached hydrogens (tertiary/aromatic N) is 2. The number of carbonyl (C=O) groups excluding carboxylic acids is 2. The predicted octanol–water partition coefficient (Wildman–Crippen LogP) is 1.42. The van der Waals surface area contributed by atoms with Gasteiger partial charge in [0.15, 0.2) is 0 Å². The van der Waals surface area contributed by atoms with E-state index < -0.39 is 0 Å². The largest absolute Gasteiger partial charge is 0.355 e. The molecule has 0 aliphatic carbocycles. The zero-order chi connectivity index (χ0) is 17.9. The molecule has 1 fully saturated rings. The van der Waals surface area contributed by atoms with Gasteiger partial charge in [0.25, 0.3) is 0 Å². The number of hydrogen-bond acceptors (Lipinski definition) is 5. The zero-order valence-corrected chi connectivity index (χ0v) is 15.7. The van der Waals surface area contributed by atoms with Gasteiger partial charge in [-0.05, 0) is 31.4 Å². The van der Waals surface area contributed by atoms with E-state index in [0.29, 0.717) is 12.3 Å². The first kappa shape index (κ1) is 19.7. The third kappa shape index (κ3) is 7.88. The van der Waals surface area contributed by atoms with Crippen molar-refractivity contribution in [3.8, 4) is 0 Å². The van der Waals surface area contributed by atoms with Crippen molar-refractivity contribution in [2.75, 3.05) is 31.9 Å². The number of rotatable bonds is 9. The fraction of sp³-hybridized carbons (Fsp3) is 0.611. The van der Waals surface area contributed by atoms with Crippen molar-refractivity contribution < 1.29 is 9.59 Å². The van der Waals surface area contributed by atoms with Gasteiger partial charge in [0, 0.05) is 37.6 Å². The topological polar surface area (TPSA) is 74.3 Å². The van der Waals surface area contributed by atoms with Crippen LogP contribution in [0.2, 0.25) is 0 Å². The molecule has 2 amide bonds. The molecule has 7 heteroatoms. The highest BCUT2D eigenvalue weighted by Crippen LogP contribution is 2.12. The molecule has 1 aliphatic rings. The molecule has 0 bridgehead atoms. The van der Waals surface area contributed by atoms with Crippen LogP contribution >= 0.6 is 11.8 Å². The third-order valence-corrected chi connectivity index (χ3v) is 5.07. The van der Waals surface area contributed by atoms with Crippen LogP contribution < -0.4 is 10.6 Å². The fourth-order valence-corrected chi connectivity index (χ4v) is 3.51. The van der Waals surface area contributed by atoms with Gasteiger partial charge in [-0.1, -0.05) is 13.0 Å². The number of piperidine rings is 1. The minimum absolute atomic E-state index is 0.0834. The van der Waals surface area contributed by atoms with E-state index in [1.54, 1.807) is 18.0 Å². The molecule has 0 radical (unpaired) electrons. The molecule has 2 N–H and O–H groups in total. The number of likely N-dealkylation sites (tertiary alicyclic amines) is 1. The highest BCUT2D eigenvalue weighted by molar-refractivity contribution is 7.99. The van der Waals surface area contributed by atoms with E-state index in [1.807, 2.05) is 25.1 Å². The van der Waals surface area contributed by atoms with Gasteiger partial charge in [0.05, 0.1) is 18.0 Å². The van der Waals surface area contributed by atoms with Crippen LogP contribution in [-0.4, -0.2) is 59.7 Å². The van der Waals surface area contributed by atoms with Gasteiger partial charge < -0.3 is 10.6 Å². The number of amides is 2. The second-order valence-electron chi connectivity index (χ2n) is 6.28. The molecule has 1 aliphatic heterocycles. The second kappa shape index (κ2) is 11.1. The van der Waals surface area contributed by atoms with Crippen LogP contribution in [0.25, 0.3) is 0 Å². The Hall–Kier alpha value is -1.60. The van der Waals surface area contributed by atoms with Crippen LogP contribution in [0.5, 0.6) is 0 Å². The highest BCUT2D eigenvalue weighted by Gasteiger charge is 2.21. The summed E-state index contributed by atoms with van der Waals surface area (Å²) < 4.78 is 0. The van der Waals surface area contributed by atoms with Gasteiger partial charge in [-0.25, -0.2) is 0 Å². The minimum Gasteiger partial charge on any atom is -0.355 e. The van der Waals surface area contributed by atoms with Gasteiger partial charge in [-0.15, -0.1) is 11.8 Å². The number of thioether (sulfide) groups is 1. The van der Waals surface area contributed by atoms with Crippen molar-refractivity contribution in [2.45, 2.75) is 38.0 Å². The Morgan fingerprint density at radius 1 is 1.28 bits per heavy atom. The van der Waals surface area contributed by atoms with E-state index in [9.17, 15) is 9.59 Å². The summed E-state index contributed by atoms with van der Waals surface area (Å²) in [5, 5.41) is 6.01. The summed E-state index contributed by atoms with van der Waals surface area (Å²) in [4.78, 5) is 30.2. The second-order valence-corrected chi connectivity index (χ2v) is 7.27. The van der Waals surface area contributed by atoms with Crippen LogP contribution in [0.15, 0.2) is 24.4 Å². The first-order valence-electron chi connectivity index (χ1n) is 8.93. The molecular formula is C18H28N4O2S. The summed E-state index contributed by atoms with van der Waals surface area (Å²) >= 11 is 1.58. The lowest BCUT2D eigenvalue weighted by Crippen LogP contribution is -2.47. The molecular weight excluding hydrogens is 336 g/mol. The van der Waals surface area contributed by atoms with Crippen molar-refractivity contribution in [1.82, 2.24) is 20.5 Å². The number of hydrogen-bond donors (Lipinski definition) is 2. The molecule has 0 aromatic carbocycles. The van der Waals surface area contributed by atoms with Crippen molar-refractivity contribution in [1.29, 1.82) is 0 Å².